The molecule has 1 aliphatic heterocycles. The van der Waals surface area contributed by atoms with E-state index in [1.54, 1.807) is 24.3 Å². The van der Waals surface area contributed by atoms with Gasteiger partial charge in [0.2, 0.25) is 15.9 Å². The molecule has 0 aliphatic carbocycles. The first-order valence-corrected chi connectivity index (χ1v) is 9.89. The number of halogens is 1. The van der Waals surface area contributed by atoms with E-state index >= 15 is 0 Å². The van der Waals surface area contributed by atoms with Crippen LogP contribution in [0.1, 0.15) is 24.8 Å². The maximum absolute atomic E-state index is 12.3. The molecule has 1 fully saturated rings. The first kappa shape index (κ1) is 21.9. The van der Waals surface area contributed by atoms with Gasteiger partial charge in [-0.25, -0.2) is 13.1 Å². The molecule has 8 heteroatoms. The lowest BCUT2D eigenvalue weighted by atomic mass is 9.96. The molecular formula is C17H28ClN3O3S. The van der Waals surface area contributed by atoms with Crippen LogP contribution in [0.25, 0.3) is 0 Å². The largest absolute Gasteiger partial charge is 0.343 e. The Bertz CT molecular complexity index is 642. The lowest BCUT2D eigenvalue weighted by Crippen LogP contribution is -2.40. The molecule has 0 unspecified atom stereocenters. The summed E-state index contributed by atoms with van der Waals surface area (Å²) in [6, 6.07) is 6.71. The molecule has 0 aromatic heterocycles. The predicted molar refractivity (Wildman–Crippen MR) is 101 cm³/mol. The molecule has 1 heterocycles. The van der Waals surface area contributed by atoms with Crippen LogP contribution < -0.4 is 10.0 Å². The molecule has 0 atom stereocenters. The number of hydrogen-bond donors (Lipinski definition) is 2. The quantitative estimate of drug-likeness (QED) is 0.739. The van der Waals surface area contributed by atoms with E-state index in [0.29, 0.717) is 18.8 Å². The molecule has 1 amide bonds. The van der Waals surface area contributed by atoms with Gasteiger partial charge in [0.05, 0.1) is 4.90 Å². The fourth-order valence-corrected chi connectivity index (χ4v) is 3.77. The van der Waals surface area contributed by atoms with Crippen molar-refractivity contribution in [3.05, 3.63) is 29.8 Å². The minimum atomic E-state index is -3.40. The second-order valence-electron chi connectivity index (χ2n) is 6.23. The van der Waals surface area contributed by atoms with E-state index in [-0.39, 0.29) is 23.2 Å². The van der Waals surface area contributed by atoms with Gasteiger partial charge in [-0.05, 0) is 63.5 Å². The van der Waals surface area contributed by atoms with E-state index in [1.165, 1.54) is 7.05 Å². The number of likely N-dealkylation sites (tertiary alicyclic amines) is 1. The van der Waals surface area contributed by atoms with Crippen molar-refractivity contribution in [1.82, 2.24) is 14.9 Å². The van der Waals surface area contributed by atoms with Crippen LogP contribution in [0.5, 0.6) is 0 Å². The van der Waals surface area contributed by atoms with E-state index < -0.39 is 10.0 Å². The summed E-state index contributed by atoms with van der Waals surface area (Å²) in [6.07, 6.45) is 3.22. The number of hydrogen-bond acceptors (Lipinski definition) is 4. The van der Waals surface area contributed by atoms with Gasteiger partial charge in [-0.15, -0.1) is 12.4 Å². The van der Waals surface area contributed by atoms with Gasteiger partial charge in [-0.2, -0.15) is 0 Å². The molecule has 1 aliphatic rings. The maximum Gasteiger partial charge on any atom is 0.240 e. The predicted octanol–water partition coefficient (Wildman–Crippen LogP) is 1.41. The summed E-state index contributed by atoms with van der Waals surface area (Å²) < 4.78 is 25.7. The number of carbonyl (C=O) groups is 1. The lowest BCUT2D eigenvalue weighted by molar-refractivity contribution is -0.132. The lowest BCUT2D eigenvalue weighted by Gasteiger charge is -2.32. The highest BCUT2D eigenvalue weighted by atomic mass is 35.5. The summed E-state index contributed by atoms with van der Waals surface area (Å²) in [5.41, 5.74) is 0.975. The Morgan fingerprint density at radius 3 is 2.28 bits per heavy atom. The van der Waals surface area contributed by atoms with E-state index in [9.17, 15) is 13.2 Å². The van der Waals surface area contributed by atoms with Crippen molar-refractivity contribution in [2.24, 2.45) is 5.92 Å². The fraction of sp³-hybridized carbons (Fsp3) is 0.588. The van der Waals surface area contributed by atoms with Crippen molar-refractivity contribution in [2.75, 3.05) is 33.7 Å². The van der Waals surface area contributed by atoms with Crippen LogP contribution in [-0.2, 0) is 21.2 Å². The van der Waals surface area contributed by atoms with E-state index in [4.69, 9.17) is 0 Å². The second-order valence-corrected chi connectivity index (χ2v) is 8.12. The summed E-state index contributed by atoms with van der Waals surface area (Å²) >= 11 is 0. The van der Waals surface area contributed by atoms with Crippen molar-refractivity contribution in [3.63, 3.8) is 0 Å². The zero-order valence-corrected chi connectivity index (χ0v) is 16.5. The molecule has 0 spiro atoms. The van der Waals surface area contributed by atoms with Gasteiger partial charge in [0.25, 0.3) is 0 Å². The SMILES string of the molecule is CNCC1CCN(C(=O)CCc2ccc(S(=O)(=O)NC)cc2)CC1.Cl. The van der Waals surface area contributed by atoms with Gasteiger partial charge in [-0.3, -0.25) is 4.79 Å². The Morgan fingerprint density at radius 2 is 1.76 bits per heavy atom. The van der Waals surface area contributed by atoms with Gasteiger partial charge in [-0.1, -0.05) is 12.1 Å². The van der Waals surface area contributed by atoms with Crippen LogP contribution in [0, 0.1) is 5.92 Å². The number of amides is 1. The number of carbonyl (C=O) groups excluding carboxylic acids is 1. The van der Waals surface area contributed by atoms with E-state index in [0.717, 1.165) is 38.0 Å². The third-order valence-electron chi connectivity index (χ3n) is 4.59. The third-order valence-corrected chi connectivity index (χ3v) is 6.02. The van der Waals surface area contributed by atoms with Crippen LogP contribution in [-0.4, -0.2) is 53.0 Å². The monoisotopic (exact) mass is 389 g/mol. The zero-order chi connectivity index (χ0) is 17.6. The Balaban J connectivity index is 0.00000312. The number of piperidine rings is 1. The van der Waals surface area contributed by atoms with E-state index in [2.05, 4.69) is 10.0 Å². The summed E-state index contributed by atoms with van der Waals surface area (Å²) in [7, 11) is -0.0503. The normalized spacial score (nSPS) is 15.7. The van der Waals surface area contributed by atoms with Crippen molar-refractivity contribution in [3.8, 4) is 0 Å². The highest BCUT2D eigenvalue weighted by Gasteiger charge is 2.22. The molecule has 25 heavy (non-hydrogen) atoms. The van der Waals surface area contributed by atoms with Crippen molar-refractivity contribution >= 4 is 28.3 Å². The minimum Gasteiger partial charge on any atom is -0.343 e. The Hall–Kier alpha value is -1.15. The number of nitrogens with one attached hydrogen (secondary N) is 2. The average Bonchev–Trinajstić information content (AvgIpc) is 2.61. The van der Waals surface area contributed by atoms with Gasteiger partial charge in [0, 0.05) is 19.5 Å². The van der Waals surface area contributed by atoms with Gasteiger partial charge >= 0.3 is 0 Å². The number of sulfonamides is 1. The van der Waals surface area contributed by atoms with Gasteiger partial charge in [0.15, 0.2) is 0 Å². The molecule has 0 saturated carbocycles. The van der Waals surface area contributed by atoms with Gasteiger partial charge in [0.1, 0.15) is 0 Å². The van der Waals surface area contributed by atoms with E-state index in [1.807, 2.05) is 11.9 Å². The molecular weight excluding hydrogens is 362 g/mol. The Labute approximate surface area is 156 Å². The number of aryl methyl sites for hydroxylation is 1. The minimum absolute atomic E-state index is 0. The van der Waals surface area contributed by atoms with Crippen LogP contribution in [0.2, 0.25) is 0 Å². The maximum atomic E-state index is 12.3. The Morgan fingerprint density at radius 1 is 1.16 bits per heavy atom. The Kier molecular flexibility index (Phi) is 8.85. The molecule has 6 nitrogen and oxygen atoms in total. The zero-order valence-electron chi connectivity index (χ0n) is 14.8. The standard InChI is InChI=1S/C17H27N3O3S.ClH/c1-18-13-15-9-11-20(12-10-15)17(21)8-5-14-3-6-16(7-4-14)24(22,23)19-2;/h3-4,6-7,15,18-19H,5,8-13H2,1-2H3;1H. The van der Waals surface area contributed by atoms with Crippen molar-refractivity contribution in [1.29, 1.82) is 0 Å². The molecule has 1 aromatic rings. The summed E-state index contributed by atoms with van der Waals surface area (Å²) in [5.74, 6) is 0.852. The first-order chi connectivity index (χ1) is 11.5. The van der Waals surface area contributed by atoms with Crippen LogP contribution in [0.15, 0.2) is 29.2 Å². The molecule has 142 valence electrons. The first-order valence-electron chi connectivity index (χ1n) is 8.41. The number of benzene rings is 1. The van der Waals surface area contributed by atoms with Gasteiger partial charge < -0.3 is 10.2 Å². The second kappa shape index (κ2) is 10.1. The number of nitrogens with zero attached hydrogens (tertiary/aromatic N) is 1. The van der Waals surface area contributed by atoms with Crippen LogP contribution in [0.4, 0.5) is 0 Å². The smallest absolute Gasteiger partial charge is 0.240 e. The van der Waals surface area contributed by atoms with Crippen LogP contribution >= 0.6 is 12.4 Å². The molecule has 1 aromatic carbocycles. The molecule has 0 bridgehead atoms. The third kappa shape index (κ3) is 6.26. The highest BCUT2D eigenvalue weighted by Crippen LogP contribution is 2.18. The molecule has 0 radical (unpaired) electrons. The molecule has 2 rings (SSSR count). The summed E-state index contributed by atoms with van der Waals surface area (Å²) in [4.78, 5) is 14.5. The molecule has 1 saturated heterocycles. The summed E-state index contributed by atoms with van der Waals surface area (Å²) in [5, 5.41) is 3.20. The van der Waals surface area contributed by atoms with Crippen molar-refractivity contribution in [2.45, 2.75) is 30.6 Å². The fourth-order valence-electron chi connectivity index (χ4n) is 3.04. The molecule has 2 N–H and O–H groups in total. The highest BCUT2D eigenvalue weighted by molar-refractivity contribution is 7.89. The topological polar surface area (TPSA) is 78.5 Å². The van der Waals surface area contributed by atoms with Crippen molar-refractivity contribution < 1.29 is 13.2 Å². The number of rotatable bonds is 7. The average molecular weight is 390 g/mol. The summed E-state index contributed by atoms with van der Waals surface area (Å²) in [6.45, 7) is 2.69. The van der Waals surface area contributed by atoms with Crippen LogP contribution in [0.3, 0.4) is 0 Å².